The summed E-state index contributed by atoms with van der Waals surface area (Å²) in [4.78, 5) is 11.9. The predicted octanol–water partition coefficient (Wildman–Crippen LogP) is 1.88. The van der Waals surface area contributed by atoms with Gasteiger partial charge in [0.15, 0.2) is 5.82 Å². The van der Waals surface area contributed by atoms with Crippen LogP contribution in [0.5, 0.6) is 0 Å². The first-order valence-corrected chi connectivity index (χ1v) is 6.39. The Kier molecular flexibility index (Phi) is 3.46. The third-order valence-corrected chi connectivity index (χ3v) is 2.81. The Morgan fingerprint density at radius 1 is 1.33 bits per heavy atom. The molecule has 0 saturated heterocycles. The van der Waals surface area contributed by atoms with Crippen LogP contribution in [-0.2, 0) is 11.3 Å². The number of nitrogens with one attached hydrogen (secondary N) is 1. The Labute approximate surface area is 120 Å². The molecule has 7 nitrogen and oxygen atoms in total. The molecule has 2 heterocycles. The van der Waals surface area contributed by atoms with Crippen molar-refractivity contribution in [2.24, 2.45) is 0 Å². The van der Waals surface area contributed by atoms with E-state index in [1.165, 1.54) is 4.68 Å². The number of benzene rings is 1. The van der Waals surface area contributed by atoms with Crippen LogP contribution in [0, 0.1) is 6.92 Å². The summed E-state index contributed by atoms with van der Waals surface area (Å²) < 4.78 is 6.35. The molecule has 21 heavy (non-hydrogen) atoms. The second-order valence-corrected chi connectivity index (χ2v) is 4.54. The molecule has 7 heteroatoms. The van der Waals surface area contributed by atoms with E-state index in [0.717, 1.165) is 11.3 Å². The maximum absolute atomic E-state index is 11.9. The molecule has 0 aliphatic carbocycles. The van der Waals surface area contributed by atoms with E-state index in [1.54, 1.807) is 19.2 Å². The van der Waals surface area contributed by atoms with Gasteiger partial charge in [-0.25, -0.2) is 4.68 Å². The van der Waals surface area contributed by atoms with Gasteiger partial charge in [-0.1, -0.05) is 40.7 Å². The number of rotatable bonds is 4. The van der Waals surface area contributed by atoms with Crippen molar-refractivity contribution >= 4 is 11.7 Å². The number of hydrogen-bond donors (Lipinski definition) is 1. The molecule has 0 bridgehead atoms. The molecular formula is C14H13N5O2. The van der Waals surface area contributed by atoms with Gasteiger partial charge in [0, 0.05) is 11.6 Å². The van der Waals surface area contributed by atoms with E-state index in [1.807, 2.05) is 30.3 Å². The van der Waals surface area contributed by atoms with Crippen LogP contribution < -0.4 is 5.32 Å². The molecule has 1 amide bonds. The Morgan fingerprint density at radius 2 is 2.14 bits per heavy atom. The molecule has 0 atom stereocenters. The van der Waals surface area contributed by atoms with Gasteiger partial charge >= 0.3 is 0 Å². The van der Waals surface area contributed by atoms with E-state index in [4.69, 9.17) is 4.52 Å². The van der Waals surface area contributed by atoms with Crippen LogP contribution >= 0.6 is 0 Å². The van der Waals surface area contributed by atoms with E-state index in [2.05, 4.69) is 20.8 Å². The molecule has 0 aliphatic heterocycles. The van der Waals surface area contributed by atoms with Crippen LogP contribution in [-0.4, -0.2) is 26.1 Å². The molecule has 106 valence electrons. The van der Waals surface area contributed by atoms with Gasteiger partial charge in [0.05, 0.1) is 6.20 Å². The van der Waals surface area contributed by atoms with Gasteiger partial charge in [0.25, 0.3) is 0 Å². The van der Waals surface area contributed by atoms with Gasteiger partial charge in [-0.05, 0) is 6.92 Å². The van der Waals surface area contributed by atoms with Gasteiger partial charge in [-0.15, -0.1) is 5.10 Å². The van der Waals surface area contributed by atoms with Crippen molar-refractivity contribution in [1.29, 1.82) is 0 Å². The summed E-state index contributed by atoms with van der Waals surface area (Å²) in [5, 5.41) is 14.3. The highest BCUT2D eigenvalue weighted by atomic mass is 16.5. The van der Waals surface area contributed by atoms with Crippen molar-refractivity contribution in [3.63, 3.8) is 0 Å². The zero-order valence-corrected chi connectivity index (χ0v) is 11.4. The summed E-state index contributed by atoms with van der Waals surface area (Å²) in [7, 11) is 0. The van der Waals surface area contributed by atoms with E-state index >= 15 is 0 Å². The molecule has 1 N–H and O–H groups in total. The topological polar surface area (TPSA) is 85.8 Å². The molecule has 0 fully saturated rings. The molecule has 3 aromatic rings. The molecular weight excluding hydrogens is 270 g/mol. The molecule has 0 unspecified atom stereocenters. The van der Waals surface area contributed by atoms with Crippen LogP contribution in [0.2, 0.25) is 0 Å². The second kappa shape index (κ2) is 5.58. The fraction of sp³-hybridized carbons (Fsp3) is 0.143. The van der Waals surface area contributed by atoms with Crippen LogP contribution in [0.25, 0.3) is 11.3 Å². The van der Waals surface area contributed by atoms with E-state index in [0.29, 0.717) is 11.6 Å². The fourth-order valence-electron chi connectivity index (χ4n) is 1.87. The van der Waals surface area contributed by atoms with Gasteiger partial charge in [-0.3, -0.25) is 4.79 Å². The molecule has 0 spiro atoms. The fourth-order valence-corrected chi connectivity index (χ4v) is 1.87. The van der Waals surface area contributed by atoms with Crippen LogP contribution in [0.1, 0.15) is 5.76 Å². The lowest BCUT2D eigenvalue weighted by Gasteiger charge is -2.00. The van der Waals surface area contributed by atoms with Gasteiger partial charge in [0.1, 0.15) is 18.0 Å². The number of amides is 1. The number of hydrogen-bond acceptors (Lipinski definition) is 5. The molecule has 0 saturated carbocycles. The molecule has 0 radical (unpaired) electrons. The van der Waals surface area contributed by atoms with E-state index in [-0.39, 0.29) is 12.5 Å². The Hall–Kier alpha value is -2.96. The maximum atomic E-state index is 11.9. The summed E-state index contributed by atoms with van der Waals surface area (Å²) in [6, 6.07) is 11.3. The normalized spacial score (nSPS) is 10.5. The smallest absolute Gasteiger partial charge is 0.247 e. The molecule has 1 aromatic carbocycles. The standard InChI is InChI=1S/C14H13N5O2/c1-10-7-13(17-21-10)15-14(20)9-19-8-12(16-18-19)11-5-3-2-4-6-11/h2-8H,9H2,1H3,(H,15,17,20). The van der Waals surface area contributed by atoms with Crippen LogP contribution in [0.4, 0.5) is 5.82 Å². The molecule has 3 rings (SSSR count). The predicted molar refractivity (Wildman–Crippen MR) is 75.3 cm³/mol. The zero-order chi connectivity index (χ0) is 14.7. The first-order chi connectivity index (χ1) is 10.2. The van der Waals surface area contributed by atoms with Crippen molar-refractivity contribution in [3.05, 3.63) is 48.4 Å². The van der Waals surface area contributed by atoms with Crippen molar-refractivity contribution < 1.29 is 9.32 Å². The van der Waals surface area contributed by atoms with Crippen molar-refractivity contribution in [2.45, 2.75) is 13.5 Å². The van der Waals surface area contributed by atoms with Crippen molar-refractivity contribution in [1.82, 2.24) is 20.2 Å². The number of aromatic nitrogens is 4. The van der Waals surface area contributed by atoms with Crippen LogP contribution in [0.15, 0.2) is 47.1 Å². The highest BCUT2D eigenvalue weighted by Crippen LogP contribution is 2.14. The van der Waals surface area contributed by atoms with E-state index in [9.17, 15) is 4.79 Å². The lowest BCUT2D eigenvalue weighted by Crippen LogP contribution is -2.19. The third-order valence-electron chi connectivity index (χ3n) is 2.81. The summed E-state index contributed by atoms with van der Waals surface area (Å²) in [5.41, 5.74) is 1.68. The number of anilines is 1. The van der Waals surface area contributed by atoms with Crippen molar-refractivity contribution in [3.8, 4) is 11.3 Å². The number of carbonyl (C=O) groups excluding carboxylic acids is 1. The van der Waals surface area contributed by atoms with E-state index < -0.39 is 0 Å². The summed E-state index contributed by atoms with van der Waals surface area (Å²) in [6.45, 7) is 1.82. The van der Waals surface area contributed by atoms with Gasteiger partial charge in [-0.2, -0.15) is 0 Å². The first-order valence-electron chi connectivity index (χ1n) is 6.39. The number of carbonyl (C=O) groups is 1. The summed E-state index contributed by atoms with van der Waals surface area (Å²) in [6.07, 6.45) is 1.73. The Bertz CT molecular complexity index is 748. The monoisotopic (exact) mass is 283 g/mol. The third kappa shape index (κ3) is 3.14. The first kappa shape index (κ1) is 13.0. The maximum Gasteiger partial charge on any atom is 0.247 e. The summed E-state index contributed by atoms with van der Waals surface area (Å²) >= 11 is 0. The summed E-state index contributed by atoms with van der Waals surface area (Å²) in [5.74, 6) is 0.783. The minimum absolute atomic E-state index is 0.0613. The lowest BCUT2D eigenvalue weighted by atomic mass is 10.2. The van der Waals surface area contributed by atoms with Gasteiger partial charge < -0.3 is 9.84 Å². The minimum atomic E-state index is -0.243. The molecule has 2 aromatic heterocycles. The lowest BCUT2D eigenvalue weighted by molar-refractivity contribution is -0.117. The zero-order valence-electron chi connectivity index (χ0n) is 11.4. The largest absolute Gasteiger partial charge is 0.360 e. The number of aryl methyl sites for hydroxylation is 1. The highest BCUT2D eigenvalue weighted by Gasteiger charge is 2.09. The van der Waals surface area contributed by atoms with Crippen LogP contribution in [0.3, 0.4) is 0 Å². The average Bonchev–Trinajstić information content (AvgIpc) is 3.09. The Morgan fingerprint density at radius 3 is 2.86 bits per heavy atom. The van der Waals surface area contributed by atoms with Crippen molar-refractivity contribution in [2.75, 3.05) is 5.32 Å². The highest BCUT2D eigenvalue weighted by molar-refractivity contribution is 5.89. The molecule has 0 aliphatic rings. The number of nitrogens with zero attached hydrogens (tertiary/aromatic N) is 4. The quantitative estimate of drug-likeness (QED) is 0.790. The average molecular weight is 283 g/mol. The Balaban J connectivity index is 1.66. The second-order valence-electron chi connectivity index (χ2n) is 4.54. The minimum Gasteiger partial charge on any atom is -0.360 e. The SMILES string of the molecule is Cc1cc(NC(=O)Cn2cc(-c3ccccc3)nn2)no1. The van der Waals surface area contributed by atoms with Gasteiger partial charge in [0.2, 0.25) is 5.91 Å².